The minimum atomic E-state index is 0.622. The van der Waals surface area contributed by atoms with Gasteiger partial charge < -0.3 is 4.74 Å². The van der Waals surface area contributed by atoms with Gasteiger partial charge in [-0.3, -0.25) is 0 Å². The van der Waals surface area contributed by atoms with Crippen LogP contribution in [0.2, 0.25) is 0 Å². The normalized spacial score (nSPS) is 11.9. The van der Waals surface area contributed by atoms with Crippen molar-refractivity contribution in [2.24, 2.45) is 0 Å². The zero-order valence-electron chi connectivity index (χ0n) is 17.7. The minimum absolute atomic E-state index is 0.622. The van der Waals surface area contributed by atoms with Gasteiger partial charge in [0, 0.05) is 6.42 Å². The van der Waals surface area contributed by atoms with Gasteiger partial charge in [0.05, 0.1) is 5.76 Å². The molecule has 0 aliphatic rings. The molecule has 0 saturated carbocycles. The van der Waals surface area contributed by atoms with Gasteiger partial charge in [-0.2, -0.15) is 0 Å². The molecule has 0 radical (unpaired) electrons. The van der Waals surface area contributed by atoms with Crippen LogP contribution in [0.15, 0.2) is 48.8 Å². The minimum Gasteiger partial charge on any atom is -0.494 e. The lowest BCUT2D eigenvalue weighted by molar-refractivity contribution is 0.235. The molecule has 0 aliphatic heterocycles. The summed E-state index contributed by atoms with van der Waals surface area (Å²) in [6.07, 6.45) is 31.2. The molecule has 0 aromatic heterocycles. The Morgan fingerprint density at radius 2 is 1.19 bits per heavy atom. The van der Waals surface area contributed by atoms with Crippen LogP contribution >= 0.6 is 0 Å². The lowest BCUT2D eigenvalue weighted by atomic mass is 10.0. The van der Waals surface area contributed by atoms with Gasteiger partial charge in [-0.15, -0.1) is 0 Å². The topological polar surface area (TPSA) is 9.23 Å². The Bertz CT molecular complexity index is 376. The van der Waals surface area contributed by atoms with E-state index in [1.165, 1.54) is 83.5 Å². The first-order chi connectivity index (χ1) is 12.8. The molecule has 150 valence electrons. The maximum atomic E-state index is 5.62. The highest BCUT2D eigenvalue weighted by atomic mass is 16.5. The zero-order chi connectivity index (χ0) is 19.1. The van der Waals surface area contributed by atoms with Crippen molar-refractivity contribution in [3.05, 3.63) is 48.8 Å². The summed E-state index contributed by atoms with van der Waals surface area (Å²) in [6.45, 7) is 8.93. The predicted molar refractivity (Wildman–Crippen MR) is 118 cm³/mol. The van der Waals surface area contributed by atoms with E-state index >= 15 is 0 Å². The van der Waals surface area contributed by atoms with Crippen LogP contribution in [0.1, 0.15) is 104 Å². The highest BCUT2D eigenvalue weighted by Gasteiger charge is 1.96. The van der Waals surface area contributed by atoms with Gasteiger partial charge in [-0.1, -0.05) is 121 Å². The summed E-state index contributed by atoms with van der Waals surface area (Å²) in [5, 5.41) is 0. The van der Waals surface area contributed by atoms with Gasteiger partial charge in [-0.25, -0.2) is 0 Å². The van der Waals surface area contributed by atoms with Crippen molar-refractivity contribution in [1.29, 1.82) is 0 Å². The van der Waals surface area contributed by atoms with Crippen LogP contribution in [0.3, 0.4) is 0 Å². The fourth-order valence-electron chi connectivity index (χ4n) is 2.95. The van der Waals surface area contributed by atoms with Gasteiger partial charge in [0.1, 0.15) is 6.61 Å². The second kappa shape index (κ2) is 21.8. The van der Waals surface area contributed by atoms with Gasteiger partial charge >= 0.3 is 0 Å². The summed E-state index contributed by atoms with van der Waals surface area (Å²) >= 11 is 0. The smallest absolute Gasteiger partial charge is 0.106 e. The Labute approximate surface area is 164 Å². The average molecular weight is 361 g/mol. The lowest BCUT2D eigenvalue weighted by Gasteiger charge is -2.07. The fourth-order valence-corrected chi connectivity index (χ4v) is 2.95. The quantitative estimate of drug-likeness (QED) is 0.127. The number of allylic oxidation sites excluding steroid dienone is 6. The molecule has 0 atom stereocenters. The van der Waals surface area contributed by atoms with E-state index in [0.717, 1.165) is 12.2 Å². The Morgan fingerprint density at radius 1 is 0.692 bits per heavy atom. The molecule has 26 heavy (non-hydrogen) atoms. The Hall–Kier alpha value is -1.24. The first kappa shape index (κ1) is 24.8. The molecule has 0 N–H and O–H groups in total. The van der Waals surface area contributed by atoms with Crippen LogP contribution in [0, 0.1) is 0 Å². The summed E-state index contributed by atoms with van der Waals surface area (Å²) in [5.41, 5.74) is 0. The molecule has 0 heterocycles. The SMILES string of the molecule is C=C(CCCCCCCCCCCCCCC)OC/C=C/C=C/C=C/C. The molecule has 0 aromatic rings. The first-order valence-electron chi connectivity index (χ1n) is 11.1. The second-order valence-corrected chi connectivity index (χ2v) is 7.18. The number of rotatable bonds is 19. The van der Waals surface area contributed by atoms with Crippen LogP contribution in [0.25, 0.3) is 0 Å². The summed E-state index contributed by atoms with van der Waals surface area (Å²) < 4.78 is 5.62. The predicted octanol–water partition coefficient (Wildman–Crippen LogP) is 8.69. The highest BCUT2D eigenvalue weighted by molar-refractivity contribution is 5.10. The van der Waals surface area contributed by atoms with Crippen LogP contribution in [0.4, 0.5) is 0 Å². The van der Waals surface area contributed by atoms with Crippen LogP contribution in [-0.4, -0.2) is 6.61 Å². The van der Waals surface area contributed by atoms with Crippen molar-refractivity contribution in [3.8, 4) is 0 Å². The molecule has 0 aromatic carbocycles. The number of ether oxygens (including phenoxy) is 1. The van der Waals surface area contributed by atoms with Crippen molar-refractivity contribution < 1.29 is 4.74 Å². The maximum Gasteiger partial charge on any atom is 0.106 e. The molecule has 0 saturated heterocycles. The van der Waals surface area contributed by atoms with E-state index in [9.17, 15) is 0 Å². The van der Waals surface area contributed by atoms with Gasteiger partial charge in [0.25, 0.3) is 0 Å². The molecule has 0 bridgehead atoms. The highest BCUT2D eigenvalue weighted by Crippen LogP contribution is 2.14. The molecule has 0 unspecified atom stereocenters. The van der Waals surface area contributed by atoms with Crippen molar-refractivity contribution in [2.45, 2.75) is 104 Å². The van der Waals surface area contributed by atoms with E-state index in [1.54, 1.807) is 0 Å². The Morgan fingerprint density at radius 3 is 1.73 bits per heavy atom. The van der Waals surface area contributed by atoms with Crippen molar-refractivity contribution in [3.63, 3.8) is 0 Å². The van der Waals surface area contributed by atoms with Crippen molar-refractivity contribution in [2.75, 3.05) is 6.61 Å². The largest absolute Gasteiger partial charge is 0.494 e. The third-order valence-corrected chi connectivity index (χ3v) is 4.60. The molecule has 1 nitrogen and oxygen atoms in total. The summed E-state index contributed by atoms with van der Waals surface area (Å²) in [7, 11) is 0. The van der Waals surface area contributed by atoms with Crippen molar-refractivity contribution >= 4 is 0 Å². The van der Waals surface area contributed by atoms with E-state index < -0.39 is 0 Å². The summed E-state index contributed by atoms with van der Waals surface area (Å²) in [4.78, 5) is 0. The number of unbranched alkanes of at least 4 members (excludes halogenated alkanes) is 12. The third-order valence-electron chi connectivity index (χ3n) is 4.60. The Balaban J connectivity index is 3.25. The fraction of sp³-hybridized carbons (Fsp3) is 0.680. The maximum absolute atomic E-state index is 5.62. The van der Waals surface area contributed by atoms with Gasteiger partial charge in [-0.05, 0) is 19.4 Å². The standard InChI is InChI=1S/C25H44O/c1-4-6-8-10-12-13-14-15-16-17-18-19-21-23-25(3)26-24-22-20-11-9-7-5-2/h5,7,9,11,20,22H,3-4,6,8,10,12-19,21,23-24H2,1-2H3/b7-5+,11-9+,22-20+. The molecular weight excluding hydrogens is 316 g/mol. The lowest BCUT2D eigenvalue weighted by Crippen LogP contribution is -1.91. The van der Waals surface area contributed by atoms with Crippen LogP contribution < -0.4 is 0 Å². The second-order valence-electron chi connectivity index (χ2n) is 7.18. The zero-order valence-corrected chi connectivity index (χ0v) is 17.7. The number of hydrogen-bond donors (Lipinski definition) is 0. The van der Waals surface area contributed by atoms with E-state index in [2.05, 4.69) is 13.5 Å². The van der Waals surface area contributed by atoms with E-state index in [0.29, 0.717) is 6.61 Å². The van der Waals surface area contributed by atoms with Crippen LogP contribution in [0.5, 0.6) is 0 Å². The molecule has 1 heteroatoms. The van der Waals surface area contributed by atoms with Crippen molar-refractivity contribution in [1.82, 2.24) is 0 Å². The Kier molecular flexibility index (Phi) is 20.8. The summed E-state index contributed by atoms with van der Waals surface area (Å²) in [5.74, 6) is 0.926. The first-order valence-corrected chi connectivity index (χ1v) is 11.1. The number of hydrogen-bond acceptors (Lipinski definition) is 1. The van der Waals surface area contributed by atoms with E-state index in [-0.39, 0.29) is 0 Å². The van der Waals surface area contributed by atoms with E-state index in [1.807, 2.05) is 43.4 Å². The van der Waals surface area contributed by atoms with Gasteiger partial charge in [0.15, 0.2) is 0 Å². The monoisotopic (exact) mass is 360 g/mol. The van der Waals surface area contributed by atoms with Crippen LogP contribution in [-0.2, 0) is 4.74 Å². The summed E-state index contributed by atoms with van der Waals surface area (Å²) in [6, 6.07) is 0. The molecule has 0 spiro atoms. The molecule has 0 aliphatic carbocycles. The molecule has 0 fully saturated rings. The average Bonchev–Trinajstić information content (AvgIpc) is 2.64. The molecular formula is C25H44O. The molecule has 0 amide bonds. The third kappa shape index (κ3) is 20.8. The van der Waals surface area contributed by atoms with E-state index in [4.69, 9.17) is 4.74 Å². The van der Waals surface area contributed by atoms with Gasteiger partial charge in [0.2, 0.25) is 0 Å². The molecule has 0 rings (SSSR count).